The fraction of sp³-hybridized carbons (Fsp3) is 0.692. The van der Waals surface area contributed by atoms with E-state index in [1.807, 2.05) is 24.8 Å². The fourth-order valence-corrected chi connectivity index (χ4v) is 1.88. The van der Waals surface area contributed by atoms with Crippen molar-refractivity contribution in [1.29, 1.82) is 0 Å². The molecule has 5 heteroatoms. The van der Waals surface area contributed by atoms with Gasteiger partial charge in [0.1, 0.15) is 5.69 Å². The van der Waals surface area contributed by atoms with Crippen molar-refractivity contribution < 1.29 is 4.79 Å². The Morgan fingerprint density at radius 1 is 1.56 bits per heavy atom. The van der Waals surface area contributed by atoms with E-state index in [9.17, 15) is 4.79 Å². The lowest BCUT2D eigenvalue weighted by molar-refractivity contribution is 0.0689. The van der Waals surface area contributed by atoms with E-state index >= 15 is 0 Å². The molecule has 0 saturated carbocycles. The van der Waals surface area contributed by atoms with Crippen molar-refractivity contribution in [2.45, 2.75) is 27.7 Å². The molecule has 1 rings (SSSR count). The highest BCUT2D eigenvalue weighted by atomic mass is 16.2. The number of aromatic nitrogens is 2. The van der Waals surface area contributed by atoms with Crippen LogP contribution in [0.15, 0.2) is 6.07 Å². The highest BCUT2D eigenvalue weighted by Gasteiger charge is 2.25. The van der Waals surface area contributed by atoms with Crippen LogP contribution in [0, 0.1) is 12.3 Å². The van der Waals surface area contributed by atoms with Crippen molar-refractivity contribution in [1.82, 2.24) is 14.7 Å². The number of amides is 1. The van der Waals surface area contributed by atoms with Crippen molar-refractivity contribution in [2.24, 2.45) is 18.2 Å². The van der Waals surface area contributed by atoms with E-state index in [0.717, 1.165) is 5.69 Å². The standard InChI is InChI=1S/C13H24N4O/c1-6-17(9-13(3,4)8-14)12(18)11-7-10(2)15-16(11)5/h7H,6,8-9,14H2,1-5H3. The number of aryl methyl sites for hydroxylation is 2. The zero-order valence-electron chi connectivity index (χ0n) is 12.0. The van der Waals surface area contributed by atoms with Crippen LogP contribution in [0.3, 0.4) is 0 Å². The third-order valence-corrected chi connectivity index (χ3v) is 3.06. The Morgan fingerprint density at radius 3 is 2.56 bits per heavy atom. The summed E-state index contributed by atoms with van der Waals surface area (Å²) in [5.41, 5.74) is 7.14. The fourth-order valence-electron chi connectivity index (χ4n) is 1.88. The van der Waals surface area contributed by atoms with Gasteiger partial charge in [0.25, 0.3) is 5.91 Å². The Kier molecular flexibility index (Phi) is 4.51. The SMILES string of the molecule is CCN(CC(C)(C)CN)C(=O)c1cc(C)nn1C. The quantitative estimate of drug-likeness (QED) is 0.855. The summed E-state index contributed by atoms with van der Waals surface area (Å²) in [7, 11) is 1.79. The first kappa shape index (κ1) is 14.7. The van der Waals surface area contributed by atoms with Crippen molar-refractivity contribution in [3.05, 3.63) is 17.5 Å². The van der Waals surface area contributed by atoms with E-state index < -0.39 is 0 Å². The van der Waals surface area contributed by atoms with Gasteiger partial charge >= 0.3 is 0 Å². The van der Waals surface area contributed by atoms with Crippen LogP contribution in [0.1, 0.15) is 37.0 Å². The number of hydrogen-bond acceptors (Lipinski definition) is 3. The normalized spacial score (nSPS) is 11.7. The first-order chi connectivity index (χ1) is 8.30. The van der Waals surface area contributed by atoms with E-state index in [-0.39, 0.29) is 11.3 Å². The highest BCUT2D eigenvalue weighted by molar-refractivity contribution is 5.92. The second kappa shape index (κ2) is 5.52. The average Bonchev–Trinajstić information content (AvgIpc) is 2.64. The minimum atomic E-state index is -0.0701. The van der Waals surface area contributed by atoms with Crippen LogP contribution in [0.5, 0.6) is 0 Å². The summed E-state index contributed by atoms with van der Waals surface area (Å²) < 4.78 is 1.63. The zero-order chi connectivity index (χ0) is 13.9. The maximum atomic E-state index is 12.4. The molecule has 102 valence electrons. The molecular weight excluding hydrogens is 228 g/mol. The monoisotopic (exact) mass is 252 g/mol. The summed E-state index contributed by atoms with van der Waals surface area (Å²) in [6, 6.07) is 1.82. The van der Waals surface area contributed by atoms with Crippen molar-refractivity contribution in [3.63, 3.8) is 0 Å². The summed E-state index contributed by atoms with van der Waals surface area (Å²) in [4.78, 5) is 14.3. The molecule has 0 saturated heterocycles. The van der Waals surface area contributed by atoms with Crippen LogP contribution in [0.4, 0.5) is 0 Å². The Labute approximate surface area is 109 Å². The Morgan fingerprint density at radius 2 is 2.17 bits per heavy atom. The average molecular weight is 252 g/mol. The summed E-state index contributed by atoms with van der Waals surface area (Å²) in [6.07, 6.45) is 0. The first-order valence-corrected chi connectivity index (χ1v) is 6.30. The van der Waals surface area contributed by atoms with Gasteiger partial charge in [-0.1, -0.05) is 13.8 Å². The van der Waals surface area contributed by atoms with Crippen LogP contribution < -0.4 is 5.73 Å². The van der Waals surface area contributed by atoms with Crippen LogP contribution in [-0.4, -0.2) is 40.2 Å². The third kappa shape index (κ3) is 3.32. The van der Waals surface area contributed by atoms with E-state index in [4.69, 9.17) is 5.73 Å². The summed E-state index contributed by atoms with van der Waals surface area (Å²) in [5.74, 6) is 0.0159. The van der Waals surface area contributed by atoms with Gasteiger partial charge in [-0.2, -0.15) is 5.10 Å². The van der Waals surface area contributed by atoms with Gasteiger partial charge in [-0.25, -0.2) is 0 Å². The Balaban J connectivity index is 2.89. The molecule has 0 unspecified atom stereocenters. The number of hydrogen-bond donors (Lipinski definition) is 1. The van der Waals surface area contributed by atoms with Crippen molar-refractivity contribution in [2.75, 3.05) is 19.6 Å². The van der Waals surface area contributed by atoms with Crippen LogP contribution in [0.25, 0.3) is 0 Å². The highest BCUT2D eigenvalue weighted by Crippen LogP contribution is 2.17. The maximum Gasteiger partial charge on any atom is 0.272 e. The van der Waals surface area contributed by atoms with Gasteiger partial charge in [-0.3, -0.25) is 9.48 Å². The van der Waals surface area contributed by atoms with E-state index in [1.165, 1.54) is 0 Å². The number of nitrogens with zero attached hydrogens (tertiary/aromatic N) is 3. The van der Waals surface area contributed by atoms with Gasteiger partial charge in [0.2, 0.25) is 0 Å². The molecule has 1 aromatic rings. The van der Waals surface area contributed by atoms with Crippen molar-refractivity contribution in [3.8, 4) is 0 Å². The summed E-state index contributed by atoms with van der Waals surface area (Å²) in [6.45, 7) is 9.89. The van der Waals surface area contributed by atoms with Crippen LogP contribution in [0.2, 0.25) is 0 Å². The number of carbonyl (C=O) groups excluding carboxylic acids is 1. The minimum Gasteiger partial charge on any atom is -0.337 e. The Bertz CT molecular complexity index is 423. The predicted octanol–water partition coefficient (Wildman–Crippen LogP) is 1.18. The minimum absolute atomic E-state index is 0.0159. The molecule has 5 nitrogen and oxygen atoms in total. The largest absolute Gasteiger partial charge is 0.337 e. The molecule has 0 aliphatic carbocycles. The molecule has 0 atom stereocenters. The summed E-state index contributed by atoms with van der Waals surface area (Å²) in [5, 5.41) is 4.21. The lowest BCUT2D eigenvalue weighted by Gasteiger charge is -2.31. The number of nitrogens with two attached hydrogens (primary N) is 1. The first-order valence-electron chi connectivity index (χ1n) is 6.30. The molecule has 0 aliphatic heterocycles. The number of rotatable bonds is 5. The van der Waals surface area contributed by atoms with Crippen LogP contribution >= 0.6 is 0 Å². The third-order valence-electron chi connectivity index (χ3n) is 3.06. The Hall–Kier alpha value is -1.36. The second-order valence-electron chi connectivity index (χ2n) is 5.48. The van der Waals surface area contributed by atoms with E-state index in [0.29, 0.717) is 25.3 Å². The molecular formula is C13H24N4O. The molecule has 0 spiro atoms. The van der Waals surface area contributed by atoms with Gasteiger partial charge < -0.3 is 10.6 Å². The van der Waals surface area contributed by atoms with Gasteiger partial charge in [0.15, 0.2) is 0 Å². The van der Waals surface area contributed by atoms with Gasteiger partial charge in [-0.05, 0) is 31.9 Å². The molecule has 0 bridgehead atoms. The topological polar surface area (TPSA) is 64.2 Å². The molecule has 0 aromatic carbocycles. The smallest absolute Gasteiger partial charge is 0.272 e. The number of carbonyl (C=O) groups is 1. The maximum absolute atomic E-state index is 12.4. The van der Waals surface area contributed by atoms with Gasteiger partial charge in [0.05, 0.1) is 5.69 Å². The molecule has 2 N–H and O–H groups in total. The molecule has 0 fully saturated rings. The molecule has 0 aliphatic rings. The molecule has 0 radical (unpaired) electrons. The molecule has 1 heterocycles. The molecule has 18 heavy (non-hydrogen) atoms. The van der Waals surface area contributed by atoms with E-state index in [1.54, 1.807) is 11.7 Å². The molecule has 1 aromatic heterocycles. The lowest BCUT2D eigenvalue weighted by atomic mass is 9.93. The van der Waals surface area contributed by atoms with Gasteiger partial charge in [0, 0.05) is 20.1 Å². The predicted molar refractivity (Wildman–Crippen MR) is 72.4 cm³/mol. The van der Waals surface area contributed by atoms with Gasteiger partial charge in [-0.15, -0.1) is 0 Å². The lowest BCUT2D eigenvalue weighted by Crippen LogP contribution is -2.42. The summed E-state index contributed by atoms with van der Waals surface area (Å²) >= 11 is 0. The zero-order valence-corrected chi connectivity index (χ0v) is 12.0. The van der Waals surface area contributed by atoms with Crippen molar-refractivity contribution >= 4 is 5.91 Å². The molecule has 1 amide bonds. The second-order valence-corrected chi connectivity index (χ2v) is 5.48. The van der Waals surface area contributed by atoms with Crippen LogP contribution in [-0.2, 0) is 7.05 Å². The van der Waals surface area contributed by atoms with E-state index in [2.05, 4.69) is 18.9 Å².